The Morgan fingerprint density at radius 3 is 1.92 bits per heavy atom. The average Bonchev–Trinajstić information content (AvgIpc) is 1.82. The molecule has 0 aromatic heterocycles. The summed E-state index contributed by atoms with van der Waals surface area (Å²) in [7, 11) is 0. The molecule has 0 spiro atoms. The number of hydrogen-bond donors (Lipinski definition) is 0. The van der Waals surface area contributed by atoms with Gasteiger partial charge in [-0.25, -0.2) is 0 Å². The summed E-state index contributed by atoms with van der Waals surface area (Å²) in [6.45, 7) is 12.7. The summed E-state index contributed by atoms with van der Waals surface area (Å²) in [5.74, 6) is 1.18. The fourth-order valence-corrected chi connectivity index (χ4v) is 1.72. The van der Waals surface area contributed by atoms with Gasteiger partial charge < -0.3 is 0 Å². The minimum absolute atomic E-state index is 0.138. The first-order valence-electron chi connectivity index (χ1n) is 5.30. The molecule has 0 aliphatic carbocycles. The summed E-state index contributed by atoms with van der Waals surface area (Å²) in [6.07, 6.45) is 1.69. The van der Waals surface area contributed by atoms with Crippen molar-refractivity contribution < 1.29 is 4.79 Å². The molecule has 0 saturated carbocycles. The molecule has 0 aliphatic heterocycles. The molecule has 0 aromatic carbocycles. The van der Waals surface area contributed by atoms with Gasteiger partial charge in [-0.2, -0.15) is 0 Å². The van der Waals surface area contributed by atoms with Crippen molar-refractivity contribution in [2.75, 3.05) is 0 Å². The Labute approximate surface area is 82.9 Å². The molecule has 1 nitrogen and oxygen atoms in total. The van der Waals surface area contributed by atoms with Crippen LogP contribution in [0.25, 0.3) is 0 Å². The number of rotatable bonds is 4. The molecule has 0 rings (SSSR count). The summed E-state index contributed by atoms with van der Waals surface area (Å²) >= 11 is 0. The van der Waals surface area contributed by atoms with Gasteiger partial charge in [-0.15, -0.1) is 0 Å². The molecular formula is C12H24O. The molecule has 0 bridgehead atoms. The van der Waals surface area contributed by atoms with Crippen molar-refractivity contribution in [1.29, 1.82) is 0 Å². The van der Waals surface area contributed by atoms with Crippen LogP contribution in [-0.4, -0.2) is 5.78 Å². The Morgan fingerprint density at radius 1 is 1.23 bits per heavy atom. The van der Waals surface area contributed by atoms with E-state index < -0.39 is 0 Å². The maximum atomic E-state index is 11.8. The van der Waals surface area contributed by atoms with Crippen LogP contribution in [0.1, 0.15) is 54.4 Å². The highest BCUT2D eigenvalue weighted by atomic mass is 16.1. The van der Waals surface area contributed by atoms with Crippen molar-refractivity contribution in [1.82, 2.24) is 0 Å². The lowest BCUT2D eigenvalue weighted by atomic mass is 9.81. The molecule has 1 heteroatoms. The van der Waals surface area contributed by atoms with E-state index in [1.54, 1.807) is 0 Å². The summed E-state index contributed by atoms with van der Waals surface area (Å²) in [4.78, 5) is 11.8. The van der Waals surface area contributed by atoms with Crippen LogP contribution in [0.3, 0.4) is 0 Å². The Balaban J connectivity index is 4.23. The zero-order chi connectivity index (χ0) is 10.6. The van der Waals surface area contributed by atoms with Gasteiger partial charge in [-0.1, -0.05) is 41.5 Å². The van der Waals surface area contributed by atoms with Gasteiger partial charge >= 0.3 is 0 Å². The number of Topliss-reactive ketones (excluding diaryl/α,β-unsaturated/α-hetero) is 1. The maximum absolute atomic E-state index is 11.8. The van der Waals surface area contributed by atoms with Crippen molar-refractivity contribution >= 4 is 5.78 Å². The molecule has 1 atom stereocenters. The van der Waals surface area contributed by atoms with Crippen LogP contribution >= 0.6 is 0 Å². The summed E-state index contributed by atoms with van der Waals surface area (Å²) in [6, 6.07) is 0. The number of carbonyl (C=O) groups is 1. The smallest absolute Gasteiger partial charge is 0.136 e. The summed E-state index contributed by atoms with van der Waals surface area (Å²) in [5, 5.41) is 0. The Hall–Kier alpha value is -0.330. The predicted molar refractivity (Wildman–Crippen MR) is 57.7 cm³/mol. The minimum atomic E-state index is 0.138. The highest BCUT2D eigenvalue weighted by molar-refractivity contribution is 5.81. The molecule has 0 N–H and O–H groups in total. The van der Waals surface area contributed by atoms with E-state index in [0.717, 1.165) is 6.42 Å². The first-order chi connectivity index (χ1) is 5.78. The monoisotopic (exact) mass is 184 g/mol. The van der Waals surface area contributed by atoms with Crippen LogP contribution in [0, 0.1) is 17.3 Å². The van der Waals surface area contributed by atoms with Crippen LogP contribution in [-0.2, 0) is 4.79 Å². The standard InChI is InChI=1S/C12H24O/c1-7-10(9(2)3)11(13)8-12(4,5)6/h9-10H,7-8H2,1-6H3. The fourth-order valence-electron chi connectivity index (χ4n) is 1.72. The molecular weight excluding hydrogens is 160 g/mol. The number of carbonyl (C=O) groups excluding carboxylic acids is 1. The van der Waals surface area contributed by atoms with E-state index >= 15 is 0 Å². The van der Waals surface area contributed by atoms with E-state index in [-0.39, 0.29) is 11.3 Å². The highest BCUT2D eigenvalue weighted by Crippen LogP contribution is 2.25. The molecule has 0 amide bonds. The second kappa shape index (κ2) is 4.78. The van der Waals surface area contributed by atoms with Gasteiger partial charge in [0.2, 0.25) is 0 Å². The van der Waals surface area contributed by atoms with Crippen LogP contribution < -0.4 is 0 Å². The SMILES string of the molecule is CCC(C(=O)CC(C)(C)C)C(C)C. The van der Waals surface area contributed by atoms with Crippen molar-refractivity contribution in [3.8, 4) is 0 Å². The van der Waals surface area contributed by atoms with Crippen molar-refractivity contribution in [2.45, 2.75) is 54.4 Å². The van der Waals surface area contributed by atoms with Gasteiger partial charge in [0.1, 0.15) is 5.78 Å². The maximum Gasteiger partial charge on any atom is 0.136 e. The van der Waals surface area contributed by atoms with E-state index in [1.165, 1.54) is 0 Å². The van der Waals surface area contributed by atoms with E-state index in [9.17, 15) is 4.79 Å². The predicted octanol–water partition coefficient (Wildman–Crippen LogP) is 3.67. The first kappa shape index (κ1) is 12.7. The lowest BCUT2D eigenvalue weighted by molar-refractivity contribution is -0.126. The molecule has 13 heavy (non-hydrogen) atoms. The highest BCUT2D eigenvalue weighted by Gasteiger charge is 2.24. The molecule has 1 unspecified atom stereocenters. The summed E-state index contributed by atoms with van der Waals surface area (Å²) < 4.78 is 0. The topological polar surface area (TPSA) is 17.1 Å². The second-order valence-electron chi connectivity index (χ2n) is 5.46. The largest absolute Gasteiger partial charge is 0.299 e. The zero-order valence-corrected chi connectivity index (χ0v) is 9.98. The third kappa shape index (κ3) is 5.07. The zero-order valence-electron chi connectivity index (χ0n) is 9.98. The quantitative estimate of drug-likeness (QED) is 0.651. The van der Waals surface area contributed by atoms with Gasteiger partial charge in [0.05, 0.1) is 0 Å². The van der Waals surface area contributed by atoms with Gasteiger partial charge in [-0.05, 0) is 17.8 Å². The van der Waals surface area contributed by atoms with E-state index in [1.807, 2.05) is 0 Å². The number of hydrogen-bond acceptors (Lipinski definition) is 1. The van der Waals surface area contributed by atoms with Gasteiger partial charge in [0, 0.05) is 12.3 Å². The molecule has 0 saturated heterocycles. The van der Waals surface area contributed by atoms with Gasteiger partial charge in [0.25, 0.3) is 0 Å². The van der Waals surface area contributed by atoms with Gasteiger partial charge in [0.15, 0.2) is 0 Å². The second-order valence-corrected chi connectivity index (χ2v) is 5.46. The normalized spacial score (nSPS) is 14.7. The molecule has 0 heterocycles. The average molecular weight is 184 g/mol. The molecule has 0 aromatic rings. The van der Waals surface area contributed by atoms with Crippen molar-refractivity contribution in [3.05, 3.63) is 0 Å². The molecule has 0 aliphatic rings. The van der Waals surface area contributed by atoms with Crippen molar-refractivity contribution in [2.24, 2.45) is 17.3 Å². The van der Waals surface area contributed by atoms with Crippen LogP contribution in [0.5, 0.6) is 0 Å². The van der Waals surface area contributed by atoms with E-state index in [4.69, 9.17) is 0 Å². The molecule has 0 radical (unpaired) electrons. The minimum Gasteiger partial charge on any atom is -0.299 e. The Kier molecular flexibility index (Phi) is 4.66. The van der Waals surface area contributed by atoms with Gasteiger partial charge in [-0.3, -0.25) is 4.79 Å². The third-order valence-corrected chi connectivity index (χ3v) is 2.36. The van der Waals surface area contributed by atoms with E-state index in [0.29, 0.717) is 18.1 Å². The van der Waals surface area contributed by atoms with Crippen LogP contribution in [0.4, 0.5) is 0 Å². The van der Waals surface area contributed by atoms with Crippen LogP contribution in [0.15, 0.2) is 0 Å². The first-order valence-corrected chi connectivity index (χ1v) is 5.30. The Bertz CT molecular complexity index is 162. The molecule has 78 valence electrons. The summed E-state index contributed by atoms with van der Waals surface area (Å²) in [5.41, 5.74) is 0.138. The fraction of sp³-hybridized carbons (Fsp3) is 0.917. The lowest BCUT2D eigenvalue weighted by Gasteiger charge is -2.23. The third-order valence-electron chi connectivity index (χ3n) is 2.36. The Morgan fingerprint density at radius 2 is 1.69 bits per heavy atom. The number of ketones is 1. The lowest BCUT2D eigenvalue weighted by Crippen LogP contribution is -2.24. The van der Waals surface area contributed by atoms with Crippen LogP contribution in [0.2, 0.25) is 0 Å². The van der Waals surface area contributed by atoms with Crippen molar-refractivity contribution in [3.63, 3.8) is 0 Å². The molecule has 0 fully saturated rings. The van der Waals surface area contributed by atoms with E-state index in [2.05, 4.69) is 41.5 Å².